The lowest BCUT2D eigenvalue weighted by Crippen LogP contribution is -2.28. The van der Waals surface area contributed by atoms with E-state index in [0.29, 0.717) is 0 Å². The van der Waals surface area contributed by atoms with Crippen molar-refractivity contribution in [3.05, 3.63) is 33.9 Å². The molecule has 1 rings (SSSR count). The first-order valence-corrected chi connectivity index (χ1v) is 5.50. The summed E-state index contributed by atoms with van der Waals surface area (Å²) in [6.07, 6.45) is 0. The maximum Gasteiger partial charge on any atom is 0.534 e. The van der Waals surface area contributed by atoms with Gasteiger partial charge in [-0.15, -0.1) is 0 Å². The molecule has 0 atom stereocenters. The van der Waals surface area contributed by atoms with Crippen molar-refractivity contribution in [2.45, 2.75) is 5.51 Å². The molecule has 0 spiro atoms. The highest BCUT2D eigenvalue weighted by Crippen LogP contribution is 2.35. The van der Waals surface area contributed by atoms with Crippen LogP contribution in [-0.4, -0.2) is 18.8 Å². The molecule has 0 aromatic heterocycles. The summed E-state index contributed by atoms with van der Waals surface area (Å²) in [4.78, 5) is 8.89. The van der Waals surface area contributed by atoms with Crippen LogP contribution in [0.4, 0.5) is 27.6 Å². The average molecular weight is 307 g/mol. The number of benzene rings is 1. The lowest BCUT2D eigenvalue weighted by atomic mass is 10.3. The van der Waals surface area contributed by atoms with Gasteiger partial charge < -0.3 is 4.18 Å². The quantitative estimate of drug-likeness (QED) is 0.280. The van der Waals surface area contributed by atoms with E-state index in [1.165, 1.54) is 0 Å². The van der Waals surface area contributed by atoms with Crippen LogP contribution >= 0.6 is 0 Å². The van der Waals surface area contributed by atoms with Gasteiger partial charge in [0.15, 0.2) is 5.82 Å². The first-order chi connectivity index (χ1) is 8.45. The average Bonchev–Trinajstić information content (AvgIpc) is 2.19. The fourth-order valence-electron chi connectivity index (χ4n) is 0.922. The van der Waals surface area contributed by atoms with Crippen molar-refractivity contribution in [2.75, 3.05) is 0 Å². The second-order valence-corrected chi connectivity index (χ2v) is 4.51. The predicted molar refractivity (Wildman–Crippen MR) is 48.6 cm³/mol. The molecule has 0 N–H and O–H groups in total. The van der Waals surface area contributed by atoms with Crippen molar-refractivity contribution in [1.29, 1.82) is 0 Å². The SMILES string of the molecule is O=[N+]([O-])c1cc(F)cc(F)c1OS(=O)(=O)C(F)(F)F. The summed E-state index contributed by atoms with van der Waals surface area (Å²) in [5.74, 6) is -5.29. The molecule has 12 heteroatoms. The molecule has 0 radical (unpaired) electrons. The number of hydrogen-bond acceptors (Lipinski definition) is 5. The number of halogens is 5. The normalized spacial score (nSPS) is 12.3. The number of nitrogens with zero attached hydrogens (tertiary/aromatic N) is 1. The Labute approximate surface area is 101 Å². The summed E-state index contributed by atoms with van der Waals surface area (Å²) in [7, 11) is -6.31. The molecule has 106 valence electrons. The Morgan fingerprint density at radius 1 is 1.21 bits per heavy atom. The fraction of sp³-hybridized carbons (Fsp3) is 0.143. The maximum absolute atomic E-state index is 13.1. The summed E-state index contributed by atoms with van der Waals surface area (Å²) in [6, 6.07) is -0.0431. The molecule has 1 aromatic carbocycles. The van der Waals surface area contributed by atoms with Crippen LogP contribution in [0, 0.1) is 21.7 Å². The number of hydrogen-bond donors (Lipinski definition) is 0. The van der Waals surface area contributed by atoms with Crippen molar-refractivity contribution >= 4 is 15.8 Å². The number of nitro groups is 1. The highest BCUT2D eigenvalue weighted by Gasteiger charge is 2.50. The molecule has 0 aliphatic rings. The van der Waals surface area contributed by atoms with Gasteiger partial charge in [-0.05, 0) is 0 Å². The molecule has 0 saturated carbocycles. The third-order valence-corrected chi connectivity index (χ3v) is 2.62. The van der Waals surface area contributed by atoms with E-state index in [9.17, 15) is 40.5 Å². The van der Waals surface area contributed by atoms with Crippen molar-refractivity contribution < 1.29 is 39.5 Å². The van der Waals surface area contributed by atoms with Gasteiger partial charge in [0.05, 0.1) is 11.0 Å². The molecular formula is C7H2F5NO5S. The molecule has 0 heterocycles. The zero-order chi connectivity index (χ0) is 15.0. The Hall–Kier alpha value is -1.98. The summed E-state index contributed by atoms with van der Waals surface area (Å²) in [5.41, 5.74) is -7.51. The number of rotatable bonds is 3. The minimum absolute atomic E-state index is 0.0182. The Balaban J connectivity index is 3.41. The first-order valence-electron chi connectivity index (χ1n) is 4.10. The molecule has 0 aliphatic heterocycles. The van der Waals surface area contributed by atoms with Gasteiger partial charge in [-0.3, -0.25) is 10.1 Å². The highest BCUT2D eigenvalue weighted by molar-refractivity contribution is 7.88. The molecule has 19 heavy (non-hydrogen) atoms. The van der Waals surface area contributed by atoms with Gasteiger partial charge in [0.1, 0.15) is 5.82 Å². The molecule has 6 nitrogen and oxygen atoms in total. The van der Waals surface area contributed by atoms with Crippen LogP contribution in [0.15, 0.2) is 12.1 Å². The third-order valence-electron chi connectivity index (χ3n) is 1.66. The molecule has 0 saturated heterocycles. The van der Waals surface area contributed by atoms with Crippen molar-refractivity contribution in [2.24, 2.45) is 0 Å². The van der Waals surface area contributed by atoms with Crippen molar-refractivity contribution in [3.8, 4) is 5.75 Å². The lowest BCUT2D eigenvalue weighted by molar-refractivity contribution is -0.385. The second-order valence-electron chi connectivity index (χ2n) is 2.98. The number of alkyl halides is 3. The van der Waals surface area contributed by atoms with Gasteiger partial charge in [0.25, 0.3) is 5.75 Å². The minimum atomic E-state index is -6.31. The van der Waals surface area contributed by atoms with Gasteiger partial charge in [-0.2, -0.15) is 21.6 Å². The molecule has 0 amide bonds. The van der Waals surface area contributed by atoms with E-state index in [1.807, 2.05) is 0 Å². The minimum Gasteiger partial charge on any atom is -0.365 e. The van der Waals surface area contributed by atoms with Crippen LogP contribution in [0.5, 0.6) is 5.75 Å². The molecular weight excluding hydrogens is 305 g/mol. The van der Waals surface area contributed by atoms with Gasteiger partial charge in [-0.1, -0.05) is 0 Å². The van der Waals surface area contributed by atoms with E-state index in [4.69, 9.17) is 0 Å². The zero-order valence-electron chi connectivity index (χ0n) is 8.44. The van der Waals surface area contributed by atoms with Gasteiger partial charge in [0, 0.05) is 6.07 Å². The molecule has 0 bridgehead atoms. The van der Waals surface area contributed by atoms with E-state index in [2.05, 4.69) is 4.18 Å². The molecule has 0 fully saturated rings. The Bertz CT molecular complexity index is 626. The predicted octanol–water partition coefficient (Wildman–Crippen LogP) is 2.10. The standard InChI is InChI=1S/C7H2F5NO5S/c8-3-1-4(9)6(5(2-3)13(14)15)18-19(16,17)7(10,11)12/h1-2H. The van der Waals surface area contributed by atoms with Crippen LogP contribution in [0.1, 0.15) is 0 Å². The summed E-state index contributed by atoms with van der Waals surface area (Å²) < 4.78 is 86.2. The summed E-state index contributed by atoms with van der Waals surface area (Å²) in [5, 5.41) is 10.4. The molecule has 1 aromatic rings. The van der Waals surface area contributed by atoms with E-state index in [1.54, 1.807) is 0 Å². The Kier molecular flexibility index (Phi) is 3.65. The maximum atomic E-state index is 13.1. The topological polar surface area (TPSA) is 86.5 Å². The van der Waals surface area contributed by atoms with Crippen LogP contribution in [0.3, 0.4) is 0 Å². The van der Waals surface area contributed by atoms with Crippen molar-refractivity contribution in [3.63, 3.8) is 0 Å². The van der Waals surface area contributed by atoms with Crippen LogP contribution in [0.2, 0.25) is 0 Å². The first kappa shape index (κ1) is 15.1. The van der Waals surface area contributed by atoms with Crippen LogP contribution in [-0.2, 0) is 10.1 Å². The van der Waals surface area contributed by atoms with Gasteiger partial charge in [-0.25, -0.2) is 8.78 Å². The highest BCUT2D eigenvalue weighted by atomic mass is 32.2. The van der Waals surface area contributed by atoms with E-state index < -0.39 is 43.6 Å². The lowest BCUT2D eigenvalue weighted by Gasteiger charge is -2.10. The van der Waals surface area contributed by atoms with Crippen molar-refractivity contribution in [1.82, 2.24) is 0 Å². The second kappa shape index (κ2) is 4.60. The Morgan fingerprint density at radius 3 is 2.16 bits per heavy atom. The fourth-order valence-corrected chi connectivity index (χ4v) is 1.40. The van der Waals surface area contributed by atoms with E-state index >= 15 is 0 Å². The van der Waals surface area contributed by atoms with Gasteiger partial charge >= 0.3 is 21.3 Å². The van der Waals surface area contributed by atoms with Crippen LogP contribution in [0.25, 0.3) is 0 Å². The van der Waals surface area contributed by atoms with E-state index in [-0.39, 0.29) is 12.1 Å². The van der Waals surface area contributed by atoms with Crippen LogP contribution < -0.4 is 4.18 Å². The Morgan fingerprint density at radius 2 is 1.74 bits per heavy atom. The molecule has 0 unspecified atom stereocenters. The van der Waals surface area contributed by atoms with E-state index in [0.717, 1.165) is 0 Å². The zero-order valence-corrected chi connectivity index (χ0v) is 9.26. The number of nitro benzene ring substituents is 1. The third kappa shape index (κ3) is 3.07. The smallest absolute Gasteiger partial charge is 0.365 e. The molecule has 0 aliphatic carbocycles. The summed E-state index contributed by atoms with van der Waals surface area (Å²) >= 11 is 0. The largest absolute Gasteiger partial charge is 0.534 e. The monoisotopic (exact) mass is 307 g/mol. The summed E-state index contributed by atoms with van der Waals surface area (Å²) in [6.45, 7) is 0. The van der Waals surface area contributed by atoms with Gasteiger partial charge in [0.2, 0.25) is 0 Å².